The van der Waals surface area contributed by atoms with Crippen LogP contribution in [0.5, 0.6) is 0 Å². The lowest BCUT2D eigenvalue weighted by Gasteiger charge is -2.07. The molecule has 0 fully saturated rings. The molecule has 13 heteroatoms. The Hall–Kier alpha value is -4.26. The van der Waals surface area contributed by atoms with Crippen molar-refractivity contribution in [1.82, 2.24) is 10.2 Å². The average Bonchev–Trinajstić information content (AvgIpc) is 2.73. The van der Waals surface area contributed by atoms with Gasteiger partial charge in [-0.05, 0) is 24.3 Å². The monoisotopic (exact) mass is 443 g/mol. The van der Waals surface area contributed by atoms with E-state index in [-0.39, 0.29) is 10.6 Å². The maximum atomic E-state index is 12.4. The summed E-state index contributed by atoms with van der Waals surface area (Å²) in [7, 11) is -3.47. The molecule has 31 heavy (non-hydrogen) atoms. The first kappa shape index (κ1) is 21.4. The Bertz CT molecular complexity index is 1260. The number of non-ortho nitro benzene ring substituents is 2. The Morgan fingerprint density at radius 1 is 0.903 bits per heavy atom. The number of nitrogens with zero attached hydrogens (tertiary/aromatic N) is 4. The minimum atomic E-state index is -3.47. The van der Waals surface area contributed by atoms with E-state index in [4.69, 9.17) is 0 Å². The molecule has 0 unspecified atom stereocenters. The van der Waals surface area contributed by atoms with E-state index >= 15 is 0 Å². The van der Waals surface area contributed by atoms with Gasteiger partial charge in [0.2, 0.25) is 0 Å². The van der Waals surface area contributed by atoms with Crippen molar-refractivity contribution in [2.45, 2.75) is 5.03 Å². The van der Waals surface area contributed by atoms with E-state index in [1.807, 2.05) is 0 Å². The Morgan fingerprint density at radius 2 is 1.48 bits per heavy atom. The van der Waals surface area contributed by atoms with Gasteiger partial charge in [-0.15, -0.1) is 10.2 Å². The predicted molar refractivity (Wildman–Crippen MR) is 108 cm³/mol. The molecule has 1 N–H and O–H groups in total. The van der Waals surface area contributed by atoms with Crippen LogP contribution in [0.25, 0.3) is 11.3 Å². The number of carbonyl (C=O) groups is 1. The topological polar surface area (TPSA) is 175 Å². The van der Waals surface area contributed by atoms with Crippen LogP contribution >= 0.6 is 0 Å². The molecule has 0 aliphatic heterocycles. The summed E-state index contributed by atoms with van der Waals surface area (Å²) in [4.78, 5) is 32.7. The Balaban J connectivity index is 1.80. The fourth-order valence-electron chi connectivity index (χ4n) is 2.54. The SMILES string of the molecule is CS(=O)(=O)c1ccc(-c2ccc(NC(=O)c3cc([N+](=O)[O-])cc([N+](=O)[O-])c3)cc2)nn1. The second-order valence-electron chi connectivity index (χ2n) is 6.31. The number of nitro benzene ring substituents is 2. The third-order valence-corrected chi connectivity index (χ3v) is 5.02. The van der Waals surface area contributed by atoms with Gasteiger partial charge in [0.25, 0.3) is 17.3 Å². The van der Waals surface area contributed by atoms with Crippen LogP contribution in [-0.4, -0.2) is 40.6 Å². The van der Waals surface area contributed by atoms with Crippen molar-refractivity contribution in [1.29, 1.82) is 0 Å². The highest BCUT2D eigenvalue weighted by Crippen LogP contribution is 2.24. The van der Waals surface area contributed by atoms with Gasteiger partial charge in [0.1, 0.15) is 0 Å². The van der Waals surface area contributed by atoms with Gasteiger partial charge < -0.3 is 5.32 Å². The molecule has 2 aromatic carbocycles. The third kappa shape index (κ3) is 5.02. The van der Waals surface area contributed by atoms with Gasteiger partial charge in [-0.25, -0.2) is 8.42 Å². The van der Waals surface area contributed by atoms with E-state index in [1.165, 1.54) is 24.3 Å². The first-order chi connectivity index (χ1) is 14.5. The summed E-state index contributed by atoms with van der Waals surface area (Å²) in [6, 6.07) is 11.7. The molecule has 12 nitrogen and oxygen atoms in total. The molecule has 0 spiro atoms. The summed E-state index contributed by atoms with van der Waals surface area (Å²) in [5.41, 5.74) is -0.0800. The second kappa shape index (κ2) is 8.23. The van der Waals surface area contributed by atoms with Gasteiger partial charge in [0.05, 0.1) is 27.2 Å². The number of sulfone groups is 1. The molecule has 0 aliphatic rings. The predicted octanol–water partition coefficient (Wildman–Crippen LogP) is 2.62. The summed E-state index contributed by atoms with van der Waals surface area (Å²) in [6.45, 7) is 0. The van der Waals surface area contributed by atoms with E-state index in [2.05, 4.69) is 15.5 Å². The fraction of sp³-hybridized carbons (Fsp3) is 0.0556. The number of nitrogens with one attached hydrogen (secondary N) is 1. The highest BCUT2D eigenvalue weighted by Gasteiger charge is 2.20. The van der Waals surface area contributed by atoms with Crippen LogP contribution in [-0.2, 0) is 9.84 Å². The van der Waals surface area contributed by atoms with Crippen LogP contribution < -0.4 is 5.32 Å². The van der Waals surface area contributed by atoms with E-state index in [0.29, 0.717) is 16.9 Å². The molecular formula is C18H13N5O7S. The lowest BCUT2D eigenvalue weighted by molar-refractivity contribution is -0.394. The smallest absolute Gasteiger partial charge is 0.277 e. The largest absolute Gasteiger partial charge is 0.322 e. The summed E-state index contributed by atoms with van der Waals surface area (Å²) in [5.74, 6) is -0.767. The number of benzene rings is 2. The van der Waals surface area contributed by atoms with Crippen molar-refractivity contribution < 1.29 is 23.1 Å². The number of nitro groups is 2. The number of aromatic nitrogens is 2. The highest BCUT2D eigenvalue weighted by molar-refractivity contribution is 7.90. The molecule has 158 valence electrons. The van der Waals surface area contributed by atoms with Crippen molar-refractivity contribution in [3.63, 3.8) is 0 Å². The number of hydrogen-bond acceptors (Lipinski definition) is 9. The maximum absolute atomic E-state index is 12.4. The molecule has 0 saturated heterocycles. The number of rotatable bonds is 6. The zero-order valence-corrected chi connectivity index (χ0v) is 16.6. The highest BCUT2D eigenvalue weighted by atomic mass is 32.2. The average molecular weight is 443 g/mol. The normalized spacial score (nSPS) is 11.0. The fourth-order valence-corrected chi connectivity index (χ4v) is 3.04. The van der Waals surface area contributed by atoms with Crippen LogP contribution in [0.2, 0.25) is 0 Å². The van der Waals surface area contributed by atoms with Crippen molar-refractivity contribution in [3.05, 3.63) is 80.4 Å². The summed E-state index contributed by atoms with van der Waals surface area (Å²) in [5, 5.41) is 31.8. The van der Waals surface area contributed by atoms with Gasteiger partial charge in [-0.1, -0.05) is 12.1 Å². The van der Waals surface area contributed by atoms with Crippen LogP contribution in [0.1, 0.15) is 10.4 Å². The number of carbonyl (C=O) groups excluding carboxylic acids is 1. The lowest BCUT2D eigenvalue weighted by atomic mass is 10.1. The third-order valence-electron chi connectivity index (χ3n) is 4.04. The number of anilines is 1. The van der Waals surface area contributed by atoms with Crippen molar-refractivity contribution in [3.8, 4) is 11.3 Å². The standard InChI is InChI=1S/C18H13N5O7S/c1-31(29,30)17-7-6-16(20-21-17)11-2-4-13(5-3-11)19-18(24)12-8-14(22(25)26)10-15(9-12)23(27)28/h2-10H,1H3,(H,19,24). The first-order valence-corrected chi connectivity index (χ1v) is 10.3. The van der Waals surface area contributed by atoms with Gasteiger partial charge >= 0.3 is 0 Å². The summed E-state index contributed by atoms with van der Waals surface area (Å²) < 4.78 is 22.9. The molecular weight excluding hydrogens is 430 g/mol. The molecule has 0 radical (unpaired) electrons. The molecule has 0 aliphatic carbocycles. The van der Waals surface area contributed by atoms with Gasteiger partial charge in [0, 0.05) is 29.6 Å². The summed E-state index contributed by atoms with van der Waals surface area (Å²) in [6.07, 6.45) is 1.02. The Kier molecular flexibility index (Phi) is 5.70. The molecule has 3 aromatic rings. The molecule has 3 rings (SSSR count). The zero-order chi connectivity index (χ0) is 22.8. The molecule has 0 atom stereocenters. The first-order valence-electron chi connectivity index (χ1n) is 8.44. The van der Waals surface area contributed by atoms with Crippen molar-refractivity contribution >= 4 is 32.8 Å². The van der Waals surface area contributed by atoms with E-state index in [1.54, 1.807) is 12.1 Å². The zero-order valence-electron chi connectivity index (χ0n) is 15.8. The minimum absolute atomic E-state index is 0.161. The van der Waals surface area contributed by atoms with Gasteiger partial charge in [-0.2, -0.15) is 0 Å². The number of hydrogen-bond donors (Lipinski definition) is 1. The molecule has 1 amide bonds. The second-order valence-corrected chi connectivity index (χ2v) is 8.28. The Labute approximate surface area is 174 Å². The molecule has 1 heterocycles. The quantitative estimate of drug-likeness (QED) is 0.443. The summed E-state index contributed by atoms with van der Waals surface area (Å²) >= 11 is 0. The van der Waals surface area contributed by atoms with Gasteiger partial charge in [0.15, 0.2) is 14.9 Å². The Morgan fingerprint density at radius 3 is 1.94 bits per heavy atom. The molecule has 0 bridgehead atoms. The van der Waals surface area contributed by atoms with Crippen LogP contribution in [0, 0.1) is 20.2 Å². The maximum Gasteiger partial charge on any atom is 0.277 e. The molecule has 1 aromatic heterocycles. The lowest BCUT2D eigenvalue weighted by Crippen LogP contribution is -2.12. The van der Waals surface area contributed by atoms with E-state index in [0.717, 1.165) is 24.5 Å². The van der Waals surface area contributed by atoms with Crippen LogP contribution in [0.3, 0.4) is 0 Å². The van der Waals surface area contributed by atoms with Crippen LogP contribution in [0.4, 0.5) is 17.1 Å². The van der Waals surface area contributed by atoms with Gasteiger partial charge in [-0.3, -0.25) is 25.0 Å². The van der Waals surface area contributed by atoms with Crippen LogP contribution in [0.15, 0.2) is 59.6 Å². The minimum Gasteiger partial charge on any atom is -0.322 e. The van der Waals surface area contributed by atoms with E-state index < -0.39 is 37.0 Å². The van der Waals surface area contributed by atoms with Crippen molar-refractivity contribution in [2.24, 2.45) is 0 Å². The molecule has 0 saturated carbocycles. The van der Waals surface area contributed by atoms with Crippen molar-refractivity contribution in [2.75, 3.05) is 11.6 Å². The van der Waals surface area contributed by atoms with E-state index in [9.17, 15) is 33.4 Å². The number of amides is 1.